The van der Waals surface area contributed by atoms with Crippen LogP contribution >= 0.6 is 23.2 Å². The number of methoxy groups -OCH3 is 2. The van der Waals surface area contributed by atoms with Gasteiger partial charge in [-0.1, -0.05) is 77.8 Å². The number of allylic oxidation sites excluding steroid dienone is 1. The maximum absolute atomic E-state index is 14.1. The highest BCUT2D eigenvalue weighted by atomic mass is 35.5. The normalized spacial score (nSPS) is 16.3. The number of hydrogen-bond donors (Lipinski definition) is 1. The Labute approximate surface area is 299 Å². The van der Waals surface area contributed by atoms with Crippen LogP contribution in [0.5, 0.6) is 0 Å². The standard InChI is InChI=1S/C37H36Cl2N2O9/c1-22-30(36(44)47-3)31(26-14-9-15-27(38)33(26)39)32(37(45)50-21-29(46-2)23-10-5-4-6-11-23)28(40-22)20-49-19-18-48-17-16-41-34(42)24-12-7-8-13-25(24)35(41)43/h4-15,29,31,40H,16-21H2,1-3H3. The van der Waals surface area contributed by atoms with Gasteiger partial charge < -0.3 is 29.0 Å². The zero-order valence-electron chi connectivity index (χ0n) is 27.7. The molecular weight excluding hydrogens is 687 g/mol. The molecule has 0 saturated heterocycles. The molecule has 13 heteroatoms. The van der Waals surface area contributed by atoms with Gasteiger partial charge in [-0.25, -0.2) is 9.59 Å². The van der Waals surface area contributed by atoms with E-state index in [4.69, 9.17) is 46.9 Å². The number of halogens is 2. The number of dihydropyridines is 1. The summed E-state index contributed by atoms with van der Waals surface area (Å²) in [6, 6.07) is 20.9. The molecule has 1 N–H and O–H groups in total. The van der Waals surface area contributed by atoms with Crippen molar-refractivity contribution in [1.82, 2.24) is 10.2 Å². The van der Waals surface area contributed by atoms with Gasteiger partial charge in [0.2, 0.25) is 0 Å². The van der Waals surface area contributed by atoms with Gasteiger partial charge in [0.1, 0.15) is 12.7 Å². The Hall–Kier alpha value is -4.52. The summed E-state index contributed by atoms with van der Waals surface area (Å²) in [5.74, 6) is -3.14. The van der Waals surface area contributed by atoms with Gasteiger partial charge in [-0.05, 0) is 36.2 Å². The smallest absolute Gasteiger partial charge is 0.336 e. The van der Waals surface area contributed by atoms with Crippen molar-refractivity contribution in [2.45, 2.75) is 18.9 Å². The maximum atomic E-state index is 14.1. The predicted molar refractivity (Wildman–Crippen MR) is 185 cm³/mol. The molecule has 0 aromatic heterocycles. The quantitative estimate of drug-likeness (QED) is 0.120. The summed E-state index contributed by atoms with van der Waals surface area (Å²) in [6.07, 6.45) is -0.556. The molecule has 50 heavy (non-hydrogen) atoms. The fourth-order valence-electron chi connectivity index (χ4n) is 5.88. The highest BCUT2D eigenvalue weighted by Gasteiger charge is 2.40. The number of carbonyl (C=O) groups is 4. The van der Waals surface area contributed by atoms with Crippen LogP contribution in [0.15, 0.2) is 95.3 Å². The number of nitrogens with zero attached hydrogens (tertiary/aromatic N) is 1. The predicted octanol–water partition coefficient (Wildman–Crippen LogP) is 5.64. The van der Waals surface area contributed by atoms with Crippen LogP contribution in [0.4, 0.5) is 0 Å². The zero-order chi connectivity index (χ0) is 35.8. The van der Waals surface area contributed by atoms with Gasteiger partial charge in [-0.3, -0.25) is 14.5 Å². The summed E-state index contributed by atoms with van der Waals surface area (Å²) >= 11 is 13.1. The van der Waals surface area contributed by atoms with Crippen molar-refractivity contribution in [3.63, 3.8) is 0 Å². The number of carbonyl (C=O) groups excluding carboxylic acids is 4. The monoisotopic (exact) mass is 722 g/mol. The number of esters is 2. The van der Waals surface area contributed by atoms with Crippen LogP contribution in [0.25, 0.3) is 0 Å². The number of nitrogens with one attached hydrogen (secondary N) is 1. The van der Waals surface area contributed by atoms with E-state index in [1.807, 2.05) is 30.3 Å². The van der Waals surface area contributed by atoms with E-state index >= 15 is 0 Å². The molecular formula is C37H36Cl2N2O9. The minimum atomic E-state index is -1.02. The molecule has 262 valence electrons. The molecule has 2 aliphatic heterocycles. The molecule has 0 spiro atoms. The van der Waals surface area contributed by atoms with Crippen LogP contribution in [-0.4, -0.2) is 82.5 Å². The number of imide groups is 1. The Morgan fingerprint density at radius 3 is 2.14 bits per heavy atom. The highest BCUT2D eigenvalue weighted by molar-refractivity contribution is 6.42. The fraction of sp³-hybridized carbons (Fsp3) is 0.297. The van der Waals surface area contributed by atoms with Gasteiger partial charge in [0.25, 0.3) is 11.8 Å². The molecule has 5 rings (SSSR count). The number of ether oxygens (including phenoxy) is 5. The lowest BCUT2D eigenvalue weighted by Gasteiger charge is -2.32. The van der Waals surface area contributed by atoms with Crippen molar-refractivity contribution in [3.05, 3.63) is 128 Å². The average molecular weight is 724 g/mol. The van der Waals surface area contributed by atoms with Crippen molar-refractivity contribution in [1.29, 1.82) is 0 Å². The van der Waals surface area contributed by atoms with Gasteiger partial charge in [0.05, 0.1) is 84.0 Å². The van der Waals surface area contributed by atoms with E-state index in [0.29, 0.717) is 28.1 Å². The fourth-order valence-corrected chi connectivity index (χ4v) is 6.29. The van der Waals surface area contributed by atoms with Gasteiger partial charge >= 0.3 is 11.9 Å². The van der Waals surface area contributed by atoms with Crippen LogP contribution < -0.4 is 5.32 Å². The van der Waals surface area contributed by atoms with Crippen LogP contribution in [0, 0.1) is 0 Å². The number of benzene rings is 3. The molecule has 0 fully saturated rings. The first-order chi connectivity index (χ1) is 24.2. The third kappa shape index (κ3) is 7.93. The van der Waals surface area contributed by atoms with Gasteiger partial charge in [0, 0.05) is 12.8 Å². The first kappa shape index (κ1) is 36.8. The second-order valence-electron chi connectivity index (χ2n) is 11.3. The Kier molecular flexibility index (Phi) is 12.4. The van der Waals surface area contributed by atoms with E-state index in [0.717, 1.165) is 10.5 Å². The van der Waals surface area contributed by atoms with Crippen LogP contribution in [0.2, 0.25) is 10.0 Å². The van der Waals surface area contributed by atoms with E-state index in [1.54, 1.807) is 49.4 Å². The van der Waals surface area contributed by atoms with Gasteiger partial charge in [-0.15, -0.1) is 0 Å². The molecule has 0 saturated carbocycles. The minimum absolute atomic E-state index is 0.0784. The summed E-state index contributed by atoms with van der Waals surface area (Å²) in [4.78, 5) is 53.6. The first-order valence-electron chi connectivity index (χ1n) is 15.8. The lowest BCUT2D eigenvalue weighted by molar-refractivity contribution is -0.143. The first-order valence-corrected chi connectivity index (χ1v) is 16.5. The SMILES string of the molecule is COC(=O)C1=C(C)NC(COCCOCCN2C(=O)c3ccccc3C2=O)=C(C(=O)OCC(OC)c2ccccc2)C1c1cccc(Cl)c1Cl. The zero-order valence-corrected chi connectivity index (χ0v) is 29.2. The highest BCUT2D eigenvalue weighted by Crippen LogP contribution is 2.43. The Morgan fingerprint density at radius 2 is 1.48 bits per heavy atom. The number of rotatable bonds is 15. The lowest BCUT2D eigenvalue weighted by Crippen LogP contribution is -2.35. The lowest BCUT2D eigenvalue weighted by atomic mass is 9.80. The van der Waals surface area contributed by atoms with E-state index in [-0.39, 0.29) is 72.6 Å². The number of hydrogen-bond acceptors (Lipinski definition) is 10. The topological polar surface area (TPSA) is 130 Å². The summed E-state index contributed by atoms with van der Waals surface area (Å²) in [6.45, 7) is 1.89. The summed E-state index contributed by atoms with van der Waals surface area (Å²) in [7, 11) is 2.76. The Bertz CT molecular complexity index is 1790. The molecule has 3 aromatic rings. The third-order valence-electron chi connectivity index (χ3n) is 8.34. The van der Waals surface area contributed by atoms with Crippen LogP contribution in [-0.2, 0) is 33.3 Å². The van der Waals surface area contributed by atoms with Crippen LogP contribution in [0.3, 0.4) is 0 Å². The van der Waals surface area contributed by atoms with Crippen molar-refractivity contribution in [3.8, 4) is 0 Å². The second kappa shape index (κ2) is 16.9. The van der Waals surface area contributed by atoms with Gasteiger partial charge in [0.15, 0.2) is 0 Å². The van der Waals surface area contributed by atoms with E-state index in [2.05, 4.69) is 5.32 Å². The van der Waals surface area contributed by atoms with E-state index in [9.17, 15) is 19.2 Å². The summed E-state index contributed by atoms with van der Waals surface area (Å²) in [5, 5.41) is 3.53. The average Bonchev–Trinajstić information content (AvgIpc) is 3.37. The minimum Gasteiger partial charge on any atom is -0.466 e. The maximum Gasteiger partial charge on any atom is 0.336 e. The molecule has 0 aliphatic carbocycles. The molecule has 3 aromatic carbocycles. The molecule has 2 amide bonds. The van der Waals surface area contributed by atoms with E-state index < -0.39 is 24.0 Å². The molecule has 0 radical (unpaired) electrons. The molecule has 2 heterocycles. The summed E-state index contributed by atoms with van der Waals surface area (Å²) in [5.41, 5.74) is 2.94. The molecule has 11 nitrogen and oxygen atoms in total. The van der Waals surface area contributed by atoms with Crippen molar-refractivity contribution in [2.75, 3.05) is 53.8 Å². The van der Waals surface area contributed by atoms with E-state index in [1.165, 1.54) is 14.2 Å². The van der Waals surface area contributed by atoms with Crippen LogP contribution in [0.1, 0.15) is 50.8 Å². The molecule has 0 bridgehead atoms. The number of fused-ring (bicyclic) bond motifs is 1. The third-order valence-corrected chi connectivity index (χ3v) is 9.17. The van der Waals surface area contributed by atoms with Crippen molar-refractivity contribution >= 4 is 47.0 Å². The molecule has 2 atom stereocenters. The second-order valence-corrected chi connectivity index (χ2v) is 12.1. The van der Waals surface area contributed by atoms with Crippen molar-refractivity contribution < 1.29 is 42.9 Å². The van der Waals surface area contributed by atoms with Gasteiger partial charge in [-0.2, -0.15) is 0 Å². The Balaban J connectivity index is 1.32. The molecule has 2 aliphatic rings. The summed E-state index contributed by atoms with van der Waals surface area (Å²) < 4.78 is 28.1. The molecule has 2 unspecified atom stereocenters. The Morgan fingerprint density at radius 1 is 0.820 bits per heavy atom. The largest absolute Gasteiger partial charge is 0.466 e. The van der Waals surface area contributed by atoms with Crippen molar-refractivity contribution in [2.24, 2.45) is 0 Å². The number of amides is 2.